The fourth-order valence-electron chi connectivity index (χ4n) is 1.63. The Hall–Kier alpha value is -1.69. The molecule has 2 rings (SSSR count). The van der Waals surface area contributed by atoms with Gasteiger partial charge >= 0.3 is 0 Å². The number of methoxy groups -OCH3 is 1. The third-order valence-corrected chi connectivity index (χ3v) is 3.49. The number of carbonyl (C=O) groups excluding carboxylic acids is 1. The summed E-state index contributed by atoms with van der Waals surface area (Å²) in [6.45, 7) is 4.02. The Bertz CT molecular complexity index is 545. The maximum absolute atomic E-state index is 12.1. The van der Waals surface area contributed by atoms with E-state index in [2.05, 4.69) is 10.1 Å². The van der Waals surface area contributed by atoms with Crippen molar-refractivity contribution in [3.63, 3.8) is 0 Å². The highest BCUT2D eigenvalue weighted by Crippen LogP contribution is 2.22. The van der Waals surface area contributed by atoms with Crippen molar-refractivity contribution >= 4 is 17.1 Å². The quantitative estimate of drug-likeness (QED) is 0.779. The van der Waals surface area contributed by atoms with Gasteiger partial charge in [0.05, 0.1) is 18.4 Å². The molecule has 0 aliphatic heterocycles. The molecule has 2 heterocycles. The number of ketones is 1. The average molecular weight is 265 g/mol. The van der Waals surface area contributed by atoms with Crippen LogP contribution in [0.1, 0.15) is 35.4 Å². The number of rotatable bonds is 5. The number of thiophene rings is 1. The third-order valence-electron chi connectivity index (χ3n) is 2.54. The fraction of sp³-hybridized carbons (Fsp3) is 0.417. The minimum absolute atomic E-state index is 0.0400. The molecule has 0 aliphatic carbocycles. The minimum atomic E-state index is 0.0400. The zero-order chi connectivity index (χ0) is 13.1. The van der Waals surface area contributed by atoms with E-state index >= 15 is 0 Å². The Balaban J connectivity index is 2.13. The highest BCUT2D eigenvalue weighted by molar-refractivity contribution is 7.12. The molecule has 5 nitrogen and oxygen atoms in total. The standard InChI is InChI=1S/C12H15N3O2S/c1-8(2)15-12(13-7-14-15)5-10(16)11-4-9(17-3)6-18-11/h4,6-8H,5H2,1-3H3. The molecule has 0 amide bonds. The number of ether oxygens (including phenoxy) is 1. The second-order valence-electron chi connectivity index (χ2n) is 4.17. The Morgan fingerprint density at radius 2 is 2.33 bits per heavy atom. The van der Waals surface area contributed by atoms with Gasteiger partial charge in [-0.25, -0.2) is 9.67 Å². The van der Waals surface area contributed by atoms with Gasteiger partial charge in [0.25, 0.3) is 0 Å². The van der Waals surface area contributed by atoms with Gasteiger partial charge in [0.1, 0.15) is 17.9 Å². The number of hydrogen-bond acceptors (Lipinski definition) is 5. The zero-order valence-corrected chi connectivity index (χ0v) is 11.4. The number of carbonyl (C=O) groups is 1. The van der Waals surface area contributed by atoms with Gasteiger partial charge in [-0.2, -0.15) is 5.10 Å². The monoisotopic (exact) mass is 265 g/mol. The minimum Gasteiger partial charge on any atom is -0.496 e. The van der Waals surface area contributed by atoms with Gasteiger partial charge in [0, 0.05) is 17.5 Å². The summed E-state index contributed by atoms with van der Waals surface area (Å²) in [6, 6.07) is 1.96. The van der Waals surface area contributed by atoms with E-state index < -0.39 is 0 Å². The molecule has 0 spiro atoms. The van der Waals surface area contributed by atoms with Crippen molar-refractivity contribution in [2.75, 3.05) is 7.11 Å². The molecule has 0 aromatic carbocycles. The predicted octanol–water partition coefficient (Wildman–Crippen LogP) is 2.35. The largest absolute Gasteiger partial charge is 0.496 e. The molecule has 0 bridgehead atoms. The molecule has 96 valence electrons. The molecule has 0 fully saturated rings. The molecule has 0 unspecified atom stereocenters. The van der Waals surface area contributed by atoms with Gasteiger partial charge in [-0.05, 0) is 13.8 Å². The van der Waals surface area contributed by atoms with E-state index in [1.807, 2.05) is 19.2 Å². The van der Waals surface area contributed by atoms with Crippen LogP contribution < -0.4 is 4.74 Å². The topological polar surface area (TPSA) is 57.0 Å². The highest BCUT2D eigenvalue weighted by Gasteiger charge is 2.15. The molecule has 2 aromatic heterocycles. The summed E-state index contributed by atoms with van der Waals surface area (Å²) in [7, 11) is 1.59. The lowest BCUT2D eigenvalue weighted by molar-refractivity contribution is 0.0992. The lowest BCUT2D eigenvalue weighted by atomic mass is 10.2. The van der Waals surface area contributed by atoms with E-state index in [-0.39, 0.29) is 18.2 Å². The van der Waals surface area contributed by atoms with Crippen LogP contribution in [-0.2, 0) is 6.42 Å². The summed E-state index contributed by atoms with van der Waals surface area (Å²) in [4.78, 5) is 16.9. The molecule has 2 aromatic rings. The second-order valence-corrected chi connectivity index (χ2v) is 5.08. The van der Waals surface area contributed by atoms with Crippen LogP contribution >= 0.6 is 11.3 Å². The summed E-state index contributed by atoms with van der Waals surface area (Å²) >= 11 is 1.39. The highest BCUT2D eigenvalue weighted by atomic mass is 32.1. The molecule has 0 atom stereocenters. The van der Waals surface area contributed by atoms with Gasteiger partial charge in [0.2, 0.25) is 0 Å². The molecular weight excluding hydrogens is 250 g/mol. The summed E-state index contributed by atoms with van der Waals surface area (Å²) in [5.74, 6) is 1.45. The van der Waals surface area contributed by atoms with Gasteiger partial charge in [-0.3, -0.25) is 4.79 Å². The molecule has 0 saturated heterocycles. The van der Waals surface area contributed by atoms with Crippen molar-refractivity contribution in [3.05, 3.63) is 28.5 Å². The Kier molecular flexibility index (Phi) is 3.76. The van der Waals surface area contributed by atoms with Crippen LogP contribution in [0, 0.1) is 0 Å². The first-order valence-electron chi connectivity index (χ1n) is 5.66. The number of nitrogens with zero attached hydrogens (tertiary/aromatic N) is 3. The molecule has 6 heteroatoms. The van der Waals surface area contributed by atoms with Crippen LogP contribution in [0.5, 0.6) is 5.75 Å². The van der Waals surface area contributed by atoms with Crippen molar-refractivity contribution in [3.8, 4) is 5.75 Å². The summed E-state index contributed by atoms with van der Waals surface area (Å²) in [6.07, 6.45) is 1.75. The molecular formula is C12H15N3O2S. The zero-order valence-electron chi connectivity index (χ0n) is 10.6. The molecule has 18 heavy (non-hydrogen) atoms. The first-order valence-corrected chi connectivity index (χ1v) is 6.54. The lowest BCUT2D eigenvalue weighted by Crippen LogP contribution is -2.12. The van der Waals surface area contributed by atoms with Crippen molar-refractivity contribution in [1.82, 2.24) is 14.8 Å². The van der Waals surface area contributed by atoms with E-state index in [0.717, 1.165) is 0 Å². The first-order chi connectivity index (χ1) is 8.61. The van der Waals surface area contributed by atoms with Crippen LogP contribution in [0.4, 0.5) is 0 Å². The van der Waals surface area contributed by atoms with Crippen LogP contribution in [0.3, 0.4) is 0 Å². The molecule has 0 N–H and O–H groups in total. The number of aromatic nitrogens is 3. The van der Waals surface area contributed by atoms with Gasteiger partial charge < -0.3 is 4.74 Å². The van der Waals surface area contributed by atoms with Crippen LogP contribution in [0.25, 0.3) is 0 Å². The molecule has 0 saturated carbocycles. The second kappa shape index (κ2) is 5.30. The fourth-order valence-corrected chi connectivity index (χ4v) is 2.43. The van der Waals surface area contributed by atoms with Crippen molar-refractivity contribution < 1.29 is 9.53 Å². The van der Waals surface area contributed by atoms with Gasteiger partial charge in [-0.1, -0.05) is 0 Å². The maximum atomic E-state index is 12.1. The Labute approximate surface area is 109 Å². The van der Waals surface area contributed by atoms with Crippen molar-refractivity contribution in [2.24, 2.45) is 0 Å². The Morgan fingerprint density at radius 3 is 2.94 bits per heavy atom. The lowest BCUT2D eigenvalue weighted by Gasteiger charge is -2.08. The predicted molar refractivity (Wildman–Crippen MR) is 69.3 cm³/mol. The SMILES string of the molecule is COc1csc(C(=O)Cc2ncnn2C(C)C)c1. The van der Waals surface area contributed by atoms with Crippen LogP contribution in [-0.4, -0.2) is 27.7 Å². The van der Waals surface area contributed by atoms with E-state index in [9.17, 15) is 4.79 Å². The summed E-state index contributed by atoms with van der Waals surface area (Å²) < 4.78 is 6.83. The third kappa shape index (κ3) is 2.59. The Morgan fingerprint density at radius 1 is 1.56 bits per heavy atom. The normalized spacial score (nSPS) is 10.9. The van der Waals surface area contributed by atoms with E-state index in [1.165, 1.54) is 17.7 Å². The number of Topliss-reactive ketones (excluding diaryl/α,β-unsaturated/α-hetero) is 1. The number of hydrogen-bond donors (Lipinski definition) is 0. The van der Waals surface area contributed by atoms with E-state index in [0.29, 0.717) is 16.5 Å². The first kappa shape index (κ1) is 12.8. The molecule has 0 aliphatic rings. The van der Waals surface area contributed by atoms with Crippen LogP contribution in [0.2, 0.25) is 0 Å². The van der Waals surface area contributed by atoms with Crippen molar-refractivity contribution in [1.29, 1.82) is 0 Å². The van der Waals surface area contributed by atoms with Crippen molar-refractivity contribution in [2.45, 2.75) is 26.3 Å². The van der Waals surface area contributed by atoms with E-state index in [1.54, 1.807) is 17.9 Å². The summed E-state index contributed by atoms with van der Waals surface area (Å²) in [5.41, 5.74) is 0. The van der Waals surface area contributed by atoms with E-state index in [4.69, 9.17) is 4.74 Å². The van der Waals surface area contributed by atoms with Gasteiger partial charge in [0.15, 0.2) is 5.78 Å². The average Bonchev–Trinajstić information content (AvgIpc) is 2.96. The van der Waals surface area contributed by atoms with Crippen LogP contribution in [0.15, 0.2) is 17.8 Å². The smallest absolute Gasteiger partial charge is 0.180 e. The maximum Gasteiger partial charge on any atom is 0.180 e. The van der Waals surface area contributed by atoms with Gasteiger partial charge in [-0.15, -0.1) is 11.3 Å². The summed E-state index contributed by atoms with van der Waals surface area (Å²) in [5, 5.41) is 5.94. The molecule has 0 radical (unpaired) electrons.